The van der Waals surface area contributed by atoms with Crippen molar-refractivity contribution in [2.75, 3.05) is 6.61 Å². The first-order chi connectivity index (χ1) is 14.4. The number of nitrogens with one attached hydrogen (secondary N) is 1. The largest absolute Gasteiger partial charge is 0.493 e. The quantitative estimate of drug-likeness (QED) is 0.568. The number of hydrogen-bond acceptors (Lipinski definition) is 5. The lowest BCUT2D eigenvalue weighted by atomic mass is 9.97. The zero-order valence-corrected chi connectivity index (χ0v) is 19.2. The van der Waals surface area contributed by atoms with E-state index >= 15 is 0 Å². The number of hydrogen-bond donors (Lipinski definition) is 2. The third kappa shape index (κ3) is 6.64. The van der Waals surface area contributed by atoms with E-state index < -0.39 is 11.3 Å². The summed E-state index contributed by atoms with van der Waals surface area (Å²) in [5.41, 5.74) is 0.827. The molecule has 0 aliphatic heterocycles. The fourth-order valence-corrected chi connectivity index (χ4v) is 3.21. The van der Waals surface area contributed by atoms with Crippen molar-refractivity contribution in [3.8, 4) is 28.5 Å². The molecule has 6 nitrogen and oxygen atoms in total. The molecule has 2 N–H and O–H groups in total. The summed E-state index contributed by atoms with van der Waals surface area (Å²) >= 11 is 6.38. The summed E-state index contributed by atoms with van der Waals surface area (Å²) in [6.45, 7) is 10.4. The van der Waals surface area contributed by atoms with Crippen LogP contribution in [-0.2, 0) is 6.42 Å². The molecule has 0 aliphatic rings. The molecule has 0 saturated heterocycles. The number of aliphatic hydroxyl groups is 1. The molecule has 0 atom stereocenters. The summed E-state index contributed by atoms with van der Waals surface area (Å²) in [5, 5.41) is 10.6. The maximum atomic E-state index is 12.2. The zero-order chi connectivity index (χ0) is 22.8. The van der Waals surface area contributed by atoms with Gasteiger partial charge in [-0.25, -0.2) is 9.78 Å². The highest BCUT2D eigenvalue weighted by Crippen LogP contribution is 2.29. The minimum absolute atomic E-state index is 0.0580. The van der Waals surface area contributed by atoms with Gasteiger partial charge in [-0.2, -0.15) is 4.98 Å². The molecule has 0 unspecified atom stereocenters. The van der Waals surface area contributed by atoms with Gasteiger partial charge in [-0.3, -0.25) is 4.98 Å². The van der Waals surface area contributed by atoms with Crippen molar-refractivity contribution >= 4 is 11.6 Å². The minimum atomic E-state index is -0.869. The second-order valence-electron chi connectivity index (χ2n) is 9.50. The van der Waals surface area contributed by atoms with Crippen LogP contribution in [0.15, 0.2) is 47.3 Å². The van der Waals surface area contributed by atoms with E-state index in [4.69, 9.17) is 16.3 Å². The number of ether oxygens (including phenoxy) is 1. The Morgan fingerprint density at radius 3 is 2.32 bits per heavy atom. The van der Waals surface area contributed by atoms with Crippen molar-refractivity contribution in [2.45, 2.75) is 46.6 Å². The van der Waals surface area contributed by atoms with Crippen LogP contribution in [0.5, 0.6) is 5.75 Å². The molecule has 3 aromatic rings. The van der Waals surface area contributed by atoms with Crippen molar-refractivity contribution in [1.29, 1.82) is 0 Å². The number of aromatic nitrogens is 3. The van der Waals surface area contributed by atoms with Gasteiger partial charge in [-0.1, -0.05) is 38.4 Å². The van der Waals surface area contributed by atoms with Gasteiger partial charge >= 0.3 is 5.69 Å². The standard InChI is InChI=1S/C24H28ClN3O3/c1-23(2,3)14-31-17-9-7-16(8-10-17)20-26-21(28-22(29)27-20)18-12-15(6-11-19(18)25)13-24(4,5)30/h6-12,30H,13-14H2,1-5H3,(H,26,27,28,29). The maximum absolute atomic E-state index is 12.2. The van der Waals surface area contributed by atoms with E-state index in [1.54, 1.807) is 19.9 Å². The van der Waals surface area contributed by atoms with Gasteiger partial charge in [0.1, 0.15) is 11.6 Å². The Hall–Kier alpha value is -2.70. The van der Waals surface area contributed by atoms with Crippen LogP contribution in [0, 0.1) is 5.41 Å². The number of aromatic amines is 1. The van der Waals surface area contributed by atoms with E-state index in [2.05, 4.69) is 35.7 Å². The third-order valence-corrected chi connectivity index (χ3v) is 4.69. The number of nitrogens with zero attached hydrogens (tertiary/aromatic N) is 2. The summed E-state index contributed by atoms with van der Waals surface area (Å²) in [5.74, 6) is 1.36. The van der Waals surface area contributed by atoms with Crippen molar-refractivity contribution < 1.29 is 9.84 Å². The van der Waals surface area contributed by atoms with Crippen LogP contribution < -0.4 is 10.4 Å². The lowest BCUT2D eigenvalue weighted by molar-refractivity contribution is 0.0810. The predicted molar refractivity (Wildman–Crippen MR) is 123 cm³/mol. The van der Waals surface area contributed by atoms with Crippen LogP contribution in [0.25, 0.3) is 22.8 Å². The fraction of sp³-hybridized carbons (Fsp3) is 0.375. The van der Waals surface area contributed by atoms with Crippen molar-refractivity contribution in [3.63, 3.8) is 0 Å². The average Bonchev–Trinajstić information content (AvgIpc) is 2.66. The lowest BCUT2D eigenvalue weighted by Gasteiger charge is -2.18. The molecule has 1 heterocycles. The number of halogens is 1. The average molecular weight is 442 g/mol. The molecule has 164 valence electrons. The Morgan fingerprint density at radius 1 is 1.03 bits per heavy atom. The topological polar surface area (TPSA) is 88.1 Å². The number of benzene rings is 2. The molecule has 7 heteroatoms. The van der Waals surface area contributed by atoms with Gasteiger partial charge in [-0.05, 0) is 61.2 Å². The van der Waals surface area contributed by atoms with Crippen LogP contribution in [0.1, 0.15) is 40.2 Å². The van der Waals surface area contributed by atoms with Gasteiger partial charge in [0.2, 0.25) is 0 Å². The van der Waals surface area contributed by atoms with Crippen LogP contribution in [-0.4, -0.2) is 32.3 Å². The molecule has 1 aromatic heterocycles. The van der Waals surface area contributed by atoms with Gasteiger partial charge in [-0.15, -0.1) is 0 Å². The van der Waals surface area contributed by atoms with Crippen LogP contribution in [0.3, 0.4) is 0 Å². The van der Waals surface area contributed by atoms with Gasteiger partial charge in [0, 0.05) is 17.5 Å². The Kier molecular flexibility index (Phi) is 6.53. The molecule has 0 bridgehead atoms. The van der Waals surface area contributed by atoms with E-state index in [9.17, 15) is 9.90 Å². The molecule has 3 rings (SSSR count). The summed E-state index contributed by atoms with van der Waals surface area (Å²) in [6.07, 6.45) is 0.440. The predicted octanol–water partition coefficient (Wildman–Crippen LogP) is 4.89. The highest BCUT2D eigenvalue weighted by atomic mass is 35.5. The smallest absolute Gasteiger partial charge is 0.348 e. The van der Waals surface area contributed by atoms with E-state index in [0.29, 0.717) is 40.8 Å². The highest BCUT2D eigenvalue weighted by molar-refractivity contribution is 6.33. The second-order valence-corrected chi connectivity index (χ2v) is 9.91. The Bertz CT molecular complexity index is 1110. The maximum Gasteiger partial charge on any atom is 0.348 e. The summed E-state index contributed by atoms with van der Waals surface area (Å²) < 4.78 is 5.80. The molecular formula is C24H28ClN3O3. The molecule has 0 spiro atoms. The first kappa shape index (κ1) is 23.0. The third-order valence-electron chi connectivity index (χ3n) is 4.36. The van der Waals surface area contributed by atoms with Crippen LogP contribution in [0.2, 0.25) is 5.02 Å². The second kappa shape index (κ2) is 8.81. The molecule has 0 saturated carbocycles. The minimum Gasteiger partial charge on any atom is -0.493 e. The highest BCUT2D eigenvalue weighted by Gasteiger charge is 2.17. The molecule has 2 aromatic carbocycles. The Labute approximate surface area is 187 Å². The van der Waals surface area contributed by atoms with E-state index in [1.165, 1.54) is 0 Å². The van der Waals surface area contributed by atoms with Gasteiger partial charge in [0.15, 0.2) is 5.82 Å². The number of rotatable bonds is 6. The molecular weight excluding hydrogens is 414 g/mol. The molecule has 0 amide bonds. The normalized spacial score (nSPS) is 12.1. The summed E-state index contributed by atoms with van der Waals surface area (Å²) in [7, 11) is 0. The van der Waals surface area contributed by atoms with Crippen LogP contribution >= 0.6 is 11.6 Å². The summed E-state index contributed by atoms with van der Waals surface area (Å²) in [4.78, 5) is 23.5. The van der Waals surface area contributed by atoms with Gasteiger partial charge < -0.3 is 9.84 Å². The van der Waals surface area contributed by atoms with Crippen molar-refractivity contribution in [2.24, 2.45) is 5.41 Å². The lowest BCUT2D eigenvalue weighted by Crippen LogP contribution is -2.21. The zero-order valence-electron chi connectivity index (χ0n) is 18.5. The van der Waals surface area contributed by atoms with Crippen LogP contribution in [0.4, 0.5) is 0 Å². The number of H-pyrrole nitrogens is 1. The molecule has 0 radical (unpaired) electrons. The molecule has 0 aliphatic carbocycles. The Morgan fingerprint density at radius 2 is 1.71 bits per heavy atom. The Balaban J connectivity index is 1.93. The van der Waals surface area contributed by atoms with E-state index in [-0.39, 0.29) is 5.41 Å². The SMILES string of the molecule is CC(C)(C)COc1ccc(-c2nc(-c3cc(CC(C)(C)O)ccc3Cl)[nH]c(=O)n2)cc1. The monoisotopic (exact) mass is 441 g/mol. The fourth-order valence-electron chi connectivity index (χ4n) is 3.00. The van der Waals surface area contributed by atoms with Crippen molar-refractivity contribution in [3.05, 3.63) is 63.5 Å². The van der Waals surface area contributed by atoms with Crippen molar-refractivity contribution in [1.82, 2.24) is 15.0 Å². The first-order valence-electron chi connectivity index (χ1n) is 10.1. The summed E-state index contributed by atoms with van der Waals surface area (Å²) in [6, 6.07) is 12.7. The molecule has 31 heavy (non-hydrogen) atoms. The molecule has 0 fully saturated rings. The van der Waals surface area contributed by atoms with E-state index in [0.717, 1.165) is 11.3 Å². The first-order valence-corrected chi connectivity index (χ1v) is 10.5. The van der Waals surface area contributed by atoms with Gasteiger partial charge in [0.25, 0.3) is 0 Å². The van der Waals surface area contributed by atoms with Gasteiger partial charge in [0.05, 0.1) is 17.2 Å². The van der Waals surface area contributed by atoms with E-state index in [1.807, 2.05) is 36.4 Å².